The van der Waals surface area contributed by atoms with E-state index in [1.807, 2.05) is 13.8 Å². The minimum atomic E-state index is -2.94. The van der Waals surface area contributed by atoms with Crippen molar-refractivity contribution in [3.63, 3.8) is 0 Å². The third-order valence-corrected chi connectivity index (χ3v) is 4.42. The fourth-order valence-corrected chi connectivity index (χ4v) is 2.77. The van der Waals surface area contributed by atoms with Crippen molar-refractivity contribution in [3.8, 4) is 0 Å². The molecule has 1 atom stereocenters. The maximum Gasteiger partial charge on any atom is 0.154 e. The Balaban J connectivity index is 4.08. The molecule has 4 heteroatoms. The summed E-state index contributed by atoms with van der Waals surface area (Å²) in [5, 5.41) is 2.70. The molecule has 3 nitrogen and oxygen atoms in total. The first kappa shape index (κ1) is 13.7. The molecule has 0 spiro atoms. The van der Waals surface area contributed by atoms with Gasteiger partial charge in [0.05, 0.1) is 11.0 Å². The van der Waals surface area contributed by atoms with Crippen molar-refractivity contribution < 1.29 is 8.42 Å². The monoisotopic (exact) mass is 219 g/mol. The molecule has 0 bridgehead atoms. The second-order valence-corrected chi connectivity index (χ2v) is 6.44. The molecular weight excluding hydrogens is 198 g/mol. The second kappa shape index (κ2) is 6.19. The Kier molecular flexibility index (Phi) is 6.04. The molecule has 0 aliphatic rings. The average Bonchev–Trinajstić information content (AvgIpc) is 2.02. The first-order valence-electron chi connectivity index (χ1n) is 4.93. The van der Waals surface area contributed by atoms with Crippen molar-refractivity contribution in [2.75, 3.05) is 18.8 Å². The minimum absolute atomic E-state index is 0.196. The lowest BCUT2D eigenvalue weighted by atomic mass is 10.3. The van der Waals surface area contributed by atoms with E-state index >= 15 is 0 Å². The van der Waals surface area contributed by atoms with Gasteiger partial charge < -0.3 is 5.32 Å². The Hall–Kier alpha value is -0.350. The highest BCUT2D eigenvalue weighted by molar-refractivity contribution is 7.92. The zero-order valence-electron chi connectivity index (χ0n) is 9.29. The summed E-state index contributed by atoms with van der Waals surface area (Å²) in [6.07, 6.45) is 1.72. The predicted octanol–water partition coefficient (Wildman–Crippen LogP) is 1.22. The molecule has 0 aromatic heterocycles. The van der Waals surface area contributed by atoms with Gasteiger partial charge >= 0.3 is 0 Å². The van der Waals surface area contributed by atoms with Gasteiger partial charge in [-0.1, -0.05) is 19.9 Å². The molecule has 0 saturated heterocycles. The third-order valence-electron chi connectivity index (χ3n) is 1.90. The highest BCUT2D eigenvalue weighted by atomic mass is 32.2. The van der Waals surface area contributed by atoms with E-state index < -0.39 is 9.84 Å². The highest BCUT2D eigenvalue weighted by Crippen LogP contribution is 2.06. The smallest absolute Gasteiger partial charge is 0.154 e. The maximum atomic E-state index is 11.7. The Morgan fingerprint density at radius 3 is 2.36 bits per heavy atom. The van der Waals surface area contributed by atoms with Crippen molar-refractivity contribution in [2.24, 2.45) is 5.92 Å². The number of nitrogens with one attached hydrogen (secondary N) is 1. The van der Waals surface area contributed by atoms with Gasteiger partial charge in [-0.3, -0.25) is 0 Å². The van der Waals surface area contributed by atoms with E-state index in [0.29, 0.717) is 13.1 Å². The highest BCUT2D eigenvalue weighted by Gasteiger charge is 2.21. The SMILES string of the molecule is C=CCNCC(C)S(=O)(=O)CC(C)C. The number of hydrogen-bond donors (Lipinski definition) is 1. The van der Waals surface area contributed by atoms with Gasteiger partial charge in [-0.05, 0) is 12.8 Å². The molecule has 0 aromatic rings. The van der Waals surface area contributed by atoms with Crippen LogP contribution in [0.4, 0.5) is 0 Å². The summed E-state index contributed by atoms with van der Waals surface area (Å²) >= 11 is 0. The summed E-state index contributed by atoms with van der Waals surface area (Å²) < 4.78 is 23.3. The van der Waals surface area contributed by atoms with Crippen LogP contribution in [0.1, 0.15) is 20.8 Å². The molecule has 0 aromatic carbocycles. The Morgan fingerprint density at radius 2 is 1.93 bits per heavy atom. The Morgan fingerprint density at radius 1 is 1.36 bits per heavy atom. The topological polar surface area (TPSA) is 46.2 Å². The van der Waals surface area contributed by atoms with Crippen LogP contribution >= 0.6 is 0 Å². The first-order chi connectivity index (χ1) is 6.40. The fourth-order valence-electron chi connectivity index (χ4n) is 1.14. The number of hydrogen-bond acceptors (Lipinski definition) is 3. The van der Waals surface area contributed by atoms with Crippen LogP contribution < -0.4 is 5.32 Å². The summed E-state index contributed by atoms with van der Waals surface area (Å²) in [7, 11) is -2.94. The quantitative estimate of drug-likeness (QED) is 0.517. The van der Waals surface area contributed by atoms with Crippen LogP contribution in [0, 0.1) is 5.92 Å². The van der Waals surface area contributed by atoms with Crippen LogP contribution in [0.2, 0.25) is 0 Å². The van der Waals surface area contributed by atoms with Crippen LogP contribution in [0.25, 0.3) is 0 Å². The Bertz CT molecular complexity index is 257. The molecule has 0 aliphatic carbocycles. The van der Waals surface area contributed by atoms with Gasteiger partial charge in [-0.25, -0.2) is 8.42 Å². The maximum absolute atomic E-state index is 11.7. The van der Waals surface area contributed by atoms with E-state index in [9.17, 15) is 8.42 Å². The Labute approximate surface area is 87.5 Å². The standard InChI is InChI=1S/C10H21NO2S/c1-5-6-11-7-10(4)14(12,13)8-9(2)3/h5,9-11H,1,6-8H2,2-4H3. The third kappa shape index (κ3) is 5.40. The van der Waals surface area contributed by atoms with Crippen LogP contribution in [-0.2, 0) is 9.84 Å². The fraction of sp³-hybridized carbons (Fsp3) is 0.800. The lowest BCUT2D eigenvalue weighted by molar-refractivity contribution is 0.563. The number of rotatable bonds is 7. The van der Waals surface area contributed by atoms with Gasteiger partial charge in [-0.2, -0.15) is 0 Å². The van der Waals surface area contributed by atoms with E-state index in [-0.39, 0.29) is 16.9 Å². The van der Waals surface area contributed by atoms with Gasteiger partial charge in [0.2, 0.25) is 0 Å². The van der Waals surface area contributed by atoms with Gasteiger partial charge in [0, 0.05) is 13.1 Å². The zero-order valence-corrected chi connectivity index (χ0v) is 10.1. The lowest BCUT2D eigenvalue weighted by Crippen LogP contribution is -2.33. The van der Waals surface area contributed by atoms with E-state index in [1.54, 1.807) is 13.0 Å². The number of sulfone groups is 1. The van der Waals surface area contributed by atoms with Gasteiger partial charge in [0.25, 0.3) is 0 Å². The molecule has 14 heavy (non-hydrogen) atoms. The van der Waals surface area contributed by atoms with Crippen LogP contribution in [-0.4, -0.2) is 32.5 Å². The van der Waals surface area contributed by atoms with Crippen LogP contribution in [0.5, 0.6) is 0 Å². The predicted molar refractivity (Wildman–Crippen MR) is 61.2 cm³/mol. The molecule has 84 valence electrons. The van der Waals surface area contributed by atoms with Crippen molar-refractivity contribution in [3.05, 3.63) is 12.7 Å². The van der Waals surface area contributed by atoms with Crippen LogP contribution in [0.3, 0.4) is 0 Å². The summed E-state index contributed by atoms with van der Waals surface area (Å²) in [6.45, 7) is 10.3. The normalized spacial score (nSPS) is 14.3. The molecule has 1 unspecified atom stereocenters. The van der Waals surface area contributed by atoms with Gasteiger partial charge in [0.1, 0.15) is 0 Å². The molecule has 0 aliphatic heterocycles. The van der Waals surface area contributed by atoms with Crippen LogP contribution in [0.15, 0.2) is 12.7 Å². The zero-order chi connectivity index (χ0) is 11.2. The van der Waals surface area contributed by atoms with Gasteiger partial charge in [0.15, 0.2) is 9.84 Å². The molecule has 0 saturated carbocycles. The van der Waals surface area contributed by atoms with E-state index in [2.05, 4.69) is 11.9 Å². The molecular formula is C10H21NO2S. The van der Waals surface area contributed by atoms with E-state index in [0.717, 1.165) is 0 Å². The van der Waals surface area contributed by atoms with E-state index in [1.165, 1.54) is 0 Å². The molecule has 0 radical (unpaired) electrons. The molecule has 0 amide bonds. The summed E-state index contributed by atoms with van der Waals surface area (Å²) in [4.78, 5) is 0. The summed E-state index contributed by atoms with van der Waals surface area (Å²) in [5.41, 5.74) is 0. The first-order valence-corrected chi connectivity index (χ1v) is 6.65. The molecule has 0 heterocycles. The lowest BCUT2D eigenvalue weighted by Gasteiger charge is -2.14. The largest absolute Gasteiger partial charge is 0.312 e. The minimum Gasteiger partial charge on any atom is -0.312 e. The van der Waals surface area contributed by atoms with Gasteiger partial charge in [-0.15, -0.1) is 6.58 Å². The second-order valence-electron chi connectivity index (χ2n) is 3.98. The average molecular weight is 219 g/mol. The van der Waals surface area contributed by atoms with E-state index in [4.69, 9.17) is 0 Å². The summed E-state index contributed by atoms with van der Waals surface area (Å²) in [6, 6.07) is 0. The molecule has 0 rings (SSSR count). The molecule has 0 fully saturated rings. The van der Waals surface area contributed by atoms with Crippen molar-refractivity contribution in [2.45, 2.75) is 26.0 Å². The van der Waals surface area contributed by atoms with Crippen molar-refractivity contribution in [1.29, 1.82) is 0 Å². The van der Waals surface area contributed by atoms with Crippen molar-refractivity contribution in [1.82, 2.24) is 5.32 Å². The molecule has 1 N–H and O–H groups in total. The van der Waals surface area contributed by atoms with Crippen molar-refractivity contribution >= 4 is 9.84 Å². The summed E-state index contributed by atoms with van der Waals surface area (Å²) in [5.74, 6) is 0.464.